The summed E-state index contributed by atoms with van der Waals surface area (Å²) in [6.07, 6.45) is 4.92. The summed E-state index contributed by atoms with van der Waals surface area (Å²) in [7, 11) is 0. The number of benzene rings is 1. The maximum Gasteiger partial charge on any atom is 0.162 e. The van der Waals surface area contributed by atoms with Gasteiger partial charge in [-0.1, -0.05) is 57.9 Å². The van der Waals surface area contributed by atoms with E-state index in [0.717, 1.165) is 37.8 Å². The minimum Gasteiger partial charge on any atom is -0.330 e. The highest BCUT2D eigenvalue weighted by Gasteiger charge is 2.14. The summed E-state index contributed by atoms with van der Waals surface area (Å²) < 4.78 is 0. The number of Topliss-reactive ketones (excluding diaryl/α,β-unsaturated/α-hetero) is 1. The Morgan fingerprint density at radius 1 is 1.00 bits per heavy atom. The van der Waals surface area contributed by atoms with Gasteiger partial charge in [0.05, 0.1) is 0 Å². The van der Waals surface area contributed by atoms with Gasteiger partial charge in [-0.3, -0.25) is 4.79 Å². The minimum atomic E-state index is 0.143. The van der Waals surface area contributed by atoms with Crippen molar-refractivity contribution in [1.82, 2.24) is 0 Å². The van der Waals surface area contributed by atoms with Crippen LogP contribution in [0.1, 0.15) is 68.8 Å². The van der Waals surface area contributed by atoms with E-state index in [-0.39, 0.29) is 11.2 Å². The standard InChI is InChI=1S/C17H27NO/c1-17(2,3)15-11-9-14(10-12-15)16(19)8-6-4-5-7-13-18/h9-12H,4-8,13,18H2,1-3H3. The Hall–Kier alpha value is -1.15. The fourth-order valence-corrected chi connectivity index (χ4v) is 2.08. The third-order valence-corrected chi connectivity index (χ3v) is 3.43. The molecule has 0 radical (unpaired) electrons. The average Bonchev–Trinajstić information content (AvgIpc) is 2.37. The number of nitrogens with two attached hydrogens (primary N) is 1. The van der Waals surface area contributed by atoms with Crippen LogP contribution in [0.5, 0.6) is 0 Å². The quantitative estimate of drug-likeness (QED) is 0.593. The van der Waals surface area contributed by atoms with Crippen molar-refractivity contribution < 1.29 is 4.79 Å². The van der Waals surface area contributed by atoms with Gasteiger partial charge in [-0.05, 0) is 30.4 Å². The molecular formula is C17H27NO. The smallest absolute Gasteiger partial charge is 0.162 e. The van der Waals surface area contributed by atoms with Gasteiger partial charge < -0.3 is 5.73 Å². The summed E-state index contributed by atoms with van der Waals surface area (Å²) in [6, 6.07) is 8.06. The molecule has 0 heterocycles. The minimum absolute atomic E-state index is 0.143. The highest BCUT2D eigenvalue weighted by molar-refractivity contribution is 5.96. The van der Waals surface area contributed by atoms with E-state index in [9.17, 15) is 4.79 Å². The lowest BCUT2D eigenvalue weighted by molar-refractivity contribution is 0.0979. The van der Waals surface area contributed by atoms with Crippen molar-refractivity contribution >= 4 is 5.78 Å². The van der Waals surface area contributed by atoms with Crippen molar-refractivity contribution in [3.63, 3.8) is 0 Å². The van der Waals surface area contributed by atoms with Crippen molar-refractivity contribution in [1.29, 1.82) is 0 Å². The molecular weight excluding hydrogens is 234 g/mol. The largest absolute Gasteiger partial charge is 0.330 e. The van der Waals surface area contributed by atoms with Gasteiger partial charge in [0, 0.05) is 12.0 Å². The first-order valence-electron chi connectivity index (χ1n) is 7.29. The first-order valence-corrected chi connectivity index (χ1v) is 7.29. The third kappa shape index (κ3) is 5.56. The van der Waals surface area contributed by atoms with Crippen LogP contribution in [0.25, 0.3) is 0 Å². The van der Waals surface area contributed by atoms with Gasteiger partial charge in [-0.25, -0.2) is 0 Å². The summed E-state index contributed by atoms with van der Waals surface area (Å²) in [5.74, 6) is 0.258. The molecule has 1 aromatic rings. The molecule has 0 fully saturated rings. The highest BCUT2D eigenvalue weighted by atomic mass is 16.1. The fraction of sp³-hybridized carbons (Fsp3) is 0.588. The predicted molar refractivity (Wildman–Crippen MR) is 81.6 cm³/mol. The van der Waals surface area contributed by atoms with Gasteiger partial charge in [0.15, 0.2) is 5.78 Å². The zero-order chi connectivity index (χ0) is 14.3. The van der Waals surface area contributed by atoms with E-state index >= 15 is 0 Å². The molecule has 0 unspecified atom stereocenters. The van der Waals surface area contributed by atoms with E-state index in [4.69, 9.17) is 5.73 Å². The number of carbonyl (C=O) groups excluding carboxylic acids is 1. The van der Waals surface area contributed by atoms with Crippen LogP contribution >= 0.6 is 0 Å². The van der Waals surface area contributed by atoms with E-state index in [1.165, 1.54) is 5.56 Å². The molecule has 106 valence electrons. The summed E-state index contributed by atoms with van der Waals surface area (Å²) in [5.41, 5.74) is 7.70. The molecule has 2 nitrogen and oxygen atoms in total. The second-order valence-corrected chi connectivity index (χ2v) is 6.20. The van der Waals surface area contributed by atoms with Gasteiger partial charge in [-0.2, -0.15) is 0 Å². The maximum absolute atomic E-state index is 12.0. The van der Waals surface area contributed by atoms with Crippen molar-refractivity contribution in [2.24, 2.45) is 5.73 Å². The summed E-state index contributed by atoms with van der Waals surface area (Å²) in [6.45, 7) is 7.30. The van der Waals surface area contributed by atoms with E-state index < -0.39 is 0 Å². The van der Waals surface area contributed by atoms with Crippen molar-refractivity contribution in [3.8, 4) is 0 Å². The molecule has 0 bridgehead atoms. The van der Waals surface area contributed by atoms with Crippen molar-refractivity contribution in [2.45, 2.75) is 58.3 Å². The van der Waals surface area contributed by atoms with E-state index in [1.807, 2.05) is 12.1 Å². The molecule has 0 atom stereocenters. The monoisotopic (exact) mass is 261 g/mol. The SMILES string of the molecule is CC(C)(C)c1ccc(C(=O)CCCCCCN)cc1. The zero-order valence-electron chi connectivity index (χ0n) is 12.5. The maximum atomic E-state index is 12.0. The van der Waals surface area contributed by atoms with Crippen LogP contribution in [-0.2, 0) is 5.41 Å². The third-order valence-electron chi connectivity index (χ3n) is 3.43. The number of hydrogen-bond donors (Lipinski definition) is 1. The van der Waals surface area contributed by atoms with E-state index in [0.29, 0.717) is 6.42 Å². The van der Waals surface area contributed by atoms with Crippen LogP contribution in [0, 0.1) is 0 Å². The first-order chi connectivity index (χ1) is 8.95. The van der Waals surface area contributed by atoms with E-state index in [1.54, 1.807) is 0 Å². The van der Waals surface area contributed by atoms with Gasteiger partial charge in [-0.15, -0.1) is 0 Å². The Balaban J connectivity index is 2.45. The second-order valence-electron chi connectivity index (χ2n) is 6.20. The number of carbonyl (C=O) groups is 1. The molecule has 0 aromatic heterocycles. The molecule has 0 saturated heterocycles. The molecule has 0 aliphatic carbocycles. The van der Waals surface area contributed by atoms with Crippen molar-refractivity contribution in [2.75, 3.05) is 6.54 Å². The van der Waals surface area contributed by atoms with E-state index in [2.05, 4.69) is 32.9 Å². The normalized spacial score (nSPS) is 11.6. The molecule has 1 aromatic carbocycles. The second kappa shape index (κ2) is 7.44. The molecule has 0 saturated carbocycles. The molecule has 0 aliphatic heterocycles. The van der Waals surface area contributed by atoms with Gasteiger partial charge >= 0.3 is 0 Å². The number of unbranched alkanes of at least 4 members (excludes halogenated alkanes) is 3. The summed E-state index contributed by atoms with van der Waals surface area (Å²) in [4.78, 5) is 12.0. The van der Waals surface area contributed by atoms with Crippen LogP contribution < -0.4 is 5.73 Å². The molecule has 2 N–H and O–H groups in total. The lowest BCUT2D eigenvalue weighted by Gasteiger charge is -2.18. The number of hydrogen-bond acceptors (Lipinski definition) is 2. The molecule has 19 heavy (non-hydrogen) atoms. The molecule has 1 rings (SSSR count). The topological polar surface area (TPSA) is 43.1 Å². The molecule has 0 spiro atoms. The number of ketones is 1. The Morgan fingerprint density at radius 3 is 2.11 bits per heavy atom. The summed E-state index contributed by atoms with van der Waals surface area (Å²) >= 11 is 0. The molecule has 2 heteroatoms. The summed E-state index contributed by atoms with van der Waals surface area (Å²) in [5, 5.41) is 0. The Morgan fingerprint density at radius 2 is 1.58 bits per heavy atom. The lowest BCUT2D eigenvalue weighted by atomic mass is 9.86. The Bertz CT molecular complexity index is 387. The van der Waals surface area contributed by atoms with Crippen LogP contribution in [0.2, 0.25) is 0 Å². The first kappa shape index (κ1) is 15.9. The van der Waals surface area contributed by atoms with Crippen LogP contribution in [0.4, 0.5) is 0 Å². The Kier molecular flexibility index (Phi) is 6.23. The number of rotatable bonds is 7. The van der Waals surface area contributed by atoms with Gasteiger partial charge in [0.2, 0.25) is 0 Å². The van der Waals surface area contributed by atoms with Crippen LogP contribution in [0.3, 0.4) is 0 Å². The average molecular weight is 261 g/mol. The molecule has 0 aliphatic rings. The van der Waals surface area contributed by atoms with Gasteiger partial charge in [0.1, 0.15) is 0 Å². The zero-order valence-corrected chi connectivity index (χ0v) is 12.5. The van der Waals surface area contributed by atoms with Crippen LogP contribution in [-0.4, -0.2) is 12.3 Å². The van der Waals surface area contributed by atoms with Crippen molar-refractivity contribution in [3.05, 3.63) is 35.4 Å². The fourth-order valence-electron chi connectivity index (χ4n) is 2.08. The predicted octanol–water partition coefficient (Wildman–Crippen LogP) is 4.08. The van der Waals surface area contributed by atoms with Crippen LogP contribution in [0.15, 0.2) is 24.3 Å². The Labute approximate surface area is 117 Å². The lowest BCUT2D eigenvalue weighted by Crippen LogP contribution is -2.11. The molecule has 0 amide bonds. The van der Waals surface area contributed by atoms with Gasteiger partial charge in [0.25, 0.3) is 0 Å². The highest BCUT2D eigenvalue weighted by Crippen LogP contribution is 2.22.